The largest absolute Gasteiger partial charge is 0.462 e. The van der Waals surface area contributed by atoms with Crippen molar-refractivity contribution < 1.29 is 84.2 Å². The summed E-state index contributed by atoms with van der Waals surface area (Å²) in [6, 6.07) is 2.68. The third-order valence-electron chi connectivity index (χ3n) is 7.23. The Morgan fingerprint density at radius 1 is 0.625 bits per heavy atom. The highest BCUT2D eigenvalue weighted by Gasteiger charge is 2.95. The van der Waals surface area contributed by atoms with Gasteiger partial charge in [0.1, 0.15) is 0 Å². The molecule has 0 radical (unpaired) electrons. The van der Waals surface area contributed by atoms with Crippen LogP contribution in [0.4, 0.5) is 74.6 Å². The number of carbonyl (C=O) groups excluding carboxylic acids is 1. The Balaban J connectivity index is 3.17. The number of esters is 1. The summed E-state index contributed by atoms with van der Waals surface area (Å²) >= 11 is 0. The molecule has 0 atom stereocenters. The lowest BCUT2D eigenvalue weighted by molar-refractivity contribution is -0.461. The molecule has 19 heteroatoms. The smallest absolute Gasteiger partial charge is 0.460 e. The molecule has 48 heavy (non-hydrogen) atoms. The van der Waals surface area contributed by atoms with E-state index in [-0.39, 0.29) is 12.2 Å². The summed E-state index contributed by atoms with van der Waals surface area (Å²) < 4.78 is 235. The Labute approximate surface area is 263 Å². The number of aryl methyl sites for hydroxylation is 1. The Morgan fingerprint density at radius 2 is 1.06 bits per heavy atom. The number of unbranched alkanes of at least 4 members (excludes halogenated alkanes) is 7. The van der Waals surface area contributed by atoms with Crippen molar-refractivity contribution in [1.29, 1.82) is 0 Å². The van der Waals surface area contributed by atoms with Crippen molar-refractivity contribution in [3.8, 4) is 0 Å². The Morgan fingerprint density at radius 3 is 1.52 bits per heavy atom. The SMILES string of the molecule is C=Cc1cc(CCC(F)(F)C(F)(F)C(F)(F)C(F)(F)C(F)(F)C(F)(F)C(F)(F)C(F)(F)F)cc(C(=O)OCCCCCCCCCC)c1. The second kappa shape index (κ2) is 15.4. The van der Waals surface area contributed by atoms with Gasteiger partial charge in [0.15, 0.2) is 0 Å². The first kappa shape index (κ1) is 43.3. The van der Waals surface area contributed by atoms with E-state index in [0.29, 0.717) is 12.8 Å². The highest BCUT2D eigenvalue weighted by Crippen LogP contribution is 2.64. The second-order valence-electron chi connectivity index (χ2n) is 10.9. The fraction of sp³-hybridized carbons (Fsp3) is 0.690. The van der Waals surface area contributed by atoms with Gasteiger partial charge in [-0.05, 0) is 36.1 Å². The van der Waals surface area contributed by atoms with Crippen LogP contribution in [0.3, 0.4) is 0 Å². The highest BCUT2D eigenvalue weighted by molar-refractivity contribution is 5.90. The molecule has 0 aliphatic heterocycles. The van der Waals surface area contributed by atoms with Gasteiger partial charge >= 0.3 is 53.6 Å². The van der Waals surface area contributed by atoms with Gasteiger partial charge in [-0.2, -0.15) is 74.6 Å². The number of rotatable bonds is 20. The maximum absolute atomic E-state index is 14.4. The molecule has 0 saturated heterocycles. The monoisotopic (exact) mass is 734 g/mol. The summed E-state index contributed by atoms with van der Waals surface area (Å²) in [5, 5.41) is 0. The lowest BCUT2D eigenvalue weighted by Crippen LogP contribution is -2.74. The van der Waals surface area contributed by atoms with E-state index >= 15 is 0 Å². The van der Waals surface area contributed by atoms with E-state index < -0.39 is 77.6 Å². The first-order chi connectivity index (χ1) is 21.6. The Kier molecular flexibility index (Phi) is 13.9. The van der Waals surface area contributed by atoms with Gasteiger partial charge in [-0.1, -0.05) is 70.6 Å². The van der Waals surface area contributed by atoms with Crippen LogP contribution in [-0.4, -0.2) is 60.2 Å². The Hall–Kier alpha value is -2.76. The number of benzene rings is 1. The molecule has 0 amide bonds. The first-order valence-electron chi connectivity index (χ1n) is 14.3. The fourth-order valence-corrected chi connectivity index (χ4v) is 4.24. The van der Waals surface area contributed by atoms with Crippen LogP contribution >= 0.6 is 0 Å². The normalized spacial score (nSPS) is 14.3. The fourth-order valence-electron chi connectivity index (χ4n) is 4.24. The molecule has 1 aromatic carbocycles. The van der Waals surface area contributed by atoms with Gasteiger partial charge in [0.05, 0.1) is 12.2 Å². The highest BCUT2D eigenvalue weighted by atomic mass is 19.4. The molecular weight excluding hydrogens is 703 g/mol. The summed E-state index contributed by atoms with van der Waals surface area (Å²) in [7, 11) is 0. The number of hydrogen-bond donors (Lipinski definition) is 0. The van der Waals surface area contributed by atoms with E-state index in [9.17, 15) is 79.4 Å². The first-order valence-corrected chi connectivity index (χ1v) is 14.3. The van der Waals surface area contributed by atoms with Crippen molar-refractivity contribution in [3.05, 3.63) is 41.5 Å². The average molecular weight is 735 g/mol. The standard InChI is InChI=1S/C29H31F17O2/c1-3-5-6-7-8-9-10-11-14-48-21(47)20-16-18(4-2)15-19(17-20)12-13-22(30,31)23(32,33)24(34,35)25(36,37)26(38,39)27(40,41)28(42,43)29(44,45)46/h4,15-17H,2-3,5-14H2,1H3. The quantitative estimate of drug-likeness (QED) is 0.0758. The maximum Gasteiger partial charge on any atom is 0.460 e. The number of halogens is 17. The topological polar surface area (TPSA) is 26.3 Å². The molecule has 0 aliphatic carbocycles. The van der Waals surface area contributed by atoms with Gasteiger partial charge in [-0.25, -0.2) is 4.79 Å². The van der Waals surface area contributed by atoms with Crippen LogP contribution < -0.4 is 0 Å². The molecule has 0 bridgehead atoms. The van der Waals surface area contributed by atoms with Crippen molar-refractivity contribution >= 4 is 12.0 Å². The van der Waals surface area contributed by atoms with E-state index in [2.05, 4.69) is 6.58 Å². The van der Waals surface area contributed by atoms with Crippen LogP contribution in [0, 0.1) is 0 Å². The van der Waals surface area contributed by atoms with Crippen molar-refractivity contribution in [2.75, 3.05) is 6.61 Å². The average Bonchev–Trinajstić information content (AvgIpc) is 2.97. The summed E-state index contributed by atoms with van der Waals surface area (Å²) in [5.74, 6) is -57.8. The Bertz CT molecular complexity index is 1220. The molecule has 0 fully saturated rings. The number of alkyl halides is 17. The molecule has 0 saturated carbocycles. The molecule has 0 unspecified atom stereocenters. The summed E-state index contributed by atoms with van der Waals surface area (Å²) in [4.78, 5) is 12.4. The third kappa shape index (κ3) is 8.51. The summed E-state index contributed by atoms with van der Waals surface area (Å²) in [6.45, 7) is 5.26. The lowest BCUT2D eigenvalue weighted by atomic mass is 9.87. The van der Waals surface area contributed by atoms with E-state index in [4.69, 9.17) is 4.74 Å². The van der Waals surface area contributed by atoms with Crippen molar-refractivity contribution in [2.45, 2.75) is 119 Å². The minimum atomic E-state index is -8.68. The molecule has 0 heterocycles. The molecule has 1 rings (SSSR count). The number of carbonyl (C=O) groups is 1. The molecule has 2 nitrogen and oxygen atoms in total. The van der Waals surface area contributed by atoms with Crippen molar-refractivity contribution in [1.82, 2.24) is 0 Å². The van der Waals surface area contributed by atoms with E-state index in [1.54, 1.807) is 0 Å². The van der Waals surface area contributed by atoms with Crippen LogP contribution in [0.15, 0.2) is 24.8 Å². The van der Waals surface area contributed by atoms with Gasteiger partial charge in [-0.15, -0.1) is 0 Å². The molecule has 278 valence electrons. The van der Waals surface area contributed by atoms with Gasteiger partial charge < -0.3 is 4.74 Å². The second-order valence-corrected chi connectivity index (χ2v) is 10.9. The zero-order valence-corrected chi connectivity index (χ0v) is 25.0. The molecular formula is C29H31F17O2. The minimum Gasteiger partial charge on any atom is -0.462 e. The molecule has 1 aromatic rings. The number of ether oxygens (including phenoxy) is 1. The van der Waals surface area contributed by atoms with Crippen molar-refractivity contribution in [3.63, 3.8) is 0 Å². The van der Waals surface area contributed by atoms with Gasteiger partial charge in [0.25, 0.3) is 0 Å². The number of hydrogen-bond acceptors (Lipinski definition) is 2. The van der Waals surface area contributed by atoms with Crippen molar-refractivity contribution in [2.24, 2.45) is 0 Å². The zero-order valence-electron chi connectivity index (χ0n) is 25.0. The van der Waals surface area contributed by atoms with Crippen LogP contribution in [0.1, 0.15) is 86.2 Å². The van der Waals surface area contributed by atoms with Crippen LogP contribution in [0.2, 0.25) is 0 Å². The van der Waals surface area contributed by atoms with Gasteiger partial charge in [-0.3, -0.25) is 0 Å². The van der Waals surface area contributed by atoms with E-state index in [0.717, 1.165) is 62.8 Å². The molecule has 0 spiro atoms. The predicted octanol–water partition coefficient (Wildman–Crippen LogP) is 11.6. The van der Waals surface area contributed by atoms with E-state index in [1.165, 1.54) is 0 Å². The van der Waals surface area contributed by atoms with Gasteiger partial charge in [0.2, 0.25) is 0 Å². The minimum absolute atomic E-state index is 0.0639. The zero-order chi connectivity index (χ0) is 37.6. The summed E-state index contributed by atoms with van der Waals surface area (Å²) in [5.41, 5.74) is -1.02. The molecule has 0 aliphatic rings. The van der Waals surface area contributed by atoms with Gasteiger partial charge in [0, 0.05) is 6.42 Å². The lowest BCUT2D eigenvalue weighted by Gasteiger charge is -2.42. The van der Waals surface area contributed by atoms with E-state index in [1.807, 2.05) is 6.92 Å². The van der Waals surface area contributed by atoms with Crippen LogP contribution in [0.5, 0.6) is 0 Å². The summed E-state index contributed by atoms with van der Waals surface area (Å²) in [6.07, 6.45) is -3.86. The van der Waals surface area contributed by atoms with Crippen LogP contribution in [-0.2, 0) is 11.2 Å². The third-order valence-corrected chi connectivity index (χ3v) is 7.23. The predicted molar refractivity (Wildman–Crippen MR) is 138 cm³/mol. The molecule has 0 aromatic heterocycles. The molecule has 0 N–H and O–H groups in total. The van der Waals surface area contributed by atoms with Crippen LogP contribution in [0.25, 0.3) is 6.08 Å². The maximum atomic E-state index is 14.4.